The van der Waals surface area contributed by atoms with Crippen molar-refractivity contribution < 1.29 is 22.8 Å². The number of amides is 3. The molecule has 2 heterocycles. The van der Waals surface area contributed by atoms with E-state index in [1.165, 1.54) is 10.4 Å². The number of hydrogen-bond donors (Lipinski definition) is 1. The van der Waals surface area contributed by atoms with Crippen molar-refractivity contribution >= 4 is 54.4 Å². The van der Waals surface area contributed by atoms with E-state index in [9.17, 15) is 22.8 Å². The van der Waals surface area contributed by atoms with Crippen LogP contribution < -0.4 is 5.32 Å². The monoisotopic (exact) mass is 576 g/mol. The van der Waals surface area contributed by atoms with Crippen molar-refractivity contribution in [2.24, 2.45) is 0 Å². The molecule has 0 radical (unpaired) electrons. The lowest BCUT2D eigenvalue weighted by Gasteiger charge is -2.29. The van der Waals surface area contributed by atoms with E-state index in [0.29, 0.717) is 15.8 Å². The minimum absolute atomic E-state index is 0.136. The molecule has 1 atom stereocenters. The summed E-state index contributed by atoms with van der Waals surface area (Å²) in [5.41, 5.74) is 1.46. The fourth-order valence-electron chi connectivity index (χ4n) is 5.06. The van der Waals surface area contributed by atoms with Gasteiger partial charge in [-0.2, -0.15) is 4.31 Å². The zero-order valence-electron chi connectivity index (χ0n) is 22.4. The normalized spacial score (nSPS) is 14.4. The van der Waals surface area contributed by atoms with Gasteiger partial charge in [0.25, 0.3) is 17.7 Å². The number of anilines is 1. The summed E-state index contributed by atoms with van der Waals surface area (Å²) in [5.74, 6) is -1.72. The summed E-state index contributed by atoms with van der Waals surface area (Å²) in [7, 11) is -3.76. The molecule has 3 amide bonds. The van der Waals surface area contributed by atoms with Crippen molar-refractivity contribution in [1.29, 1.82) is 0 Å². The molecule has 0 aliphatic carbocycles. The minimum Gasteiger partial charge on any atom is -0.300 e. The first-order valence-electron chi connectivity index (χ1n) is 12.8. The number of benzene rings is 3. The highest BCUT2D eigenvalue weighted by molar-refractivity contribution is 7.89. The van der Waals surface area contributed by atoms with Gasteiger partial charge in [0, 0.05) is 12.1 Å². The second kappa shape index (κ2) is 10.6. The van der Waals surface area contributed by atoms with Crippen molar-refractivity contribution in [3.8, 4) is 0 Å². The van der Waals surface area contributed by atoms with E-state index in [1.54, 1.807) is 66.7 Å². The second-order valence-corrected chi connectivity index (χ2v) is 12.9. The van der Waals surface area contributed by atoms with Crippen molar-refractivity contribution in [1.82, 2.24) is 14.2 Å². The Labute approximate surface area is 236 Å². The lowest BCUT2D eigenvalue weighted by Crippen LogP contribution is -2.41. The predicted octanol–water partition coefficient (Wildman–Crippen LogP) is 5.08. The van der Waals surface area contributed by atoms with Crippen molar-refractivity contribution in [3.63, 3.8) is 0 Å². The van der Waals surface area contributed by atoms with Crippen molar-refractivity contribution in [2.45, 2.75) is 50.7 Å². The van der Waals surface area contributed by atoms with Crippen LogP contribution in [0.4, 0.5) is 5.13 Å². The molecule has 3 aromatic carbocycles. The summed E-state index contributed by atoms with van der Waals surface area (Å²) < 4.78 is 28.7. The largest absolute Gasteiger partial charge is 0.300 e. The van der Waals surface area contributed by atoms with Crippen LogP contribution in [0.1, 0.15) is 60.0 Å². The van der Waals surface area contributed by atoms with Gasteiger partial charge in [-0.25, -0.2) is 13.4 Å². The third-order valence-electron chi connectivity index (χ3n) is 6.63. The third-order valence-corrected chi connectivity index (χ3v) is 9.81. The smallest absolute Gasteiger partial charge is 0.262 e. The average Bonchev–Trinajstić information content (AvgIpc) is 3.42. The first kappa shape index (κ1) is 27.6. The highest BCUT2D eigenvalue weighted by Crippen LogP contribution is 2.34. The quantitative estimate of drug-likeness (QED) is 0.293. The molecule has 11 heteroatoms. The molecule has 206 valence electrons. The molecule has 0 saturated heterocycles. The van der Waals surface area contributed by atoms with Gasteiger partial charge in [-0.1, -0.05) is 53.8 Å². The lowest BCUT2D eigenvalue weighted by atomic mass is 10.0. The second-order valence-electron chi connectivity index (χ2n) is 10.00. The number of fused-ring (bicyclic) bond motifs is 2. The summed E-state index contributed by atoms with van der Waals surface area (Å²) >= 11 is 1.11. The van der Waals surface area contributed by atoms with Gasteiger partial charge in [-0.05, 0) is 63.6 Å². The van der Waals surface area contributed by atoms with Gasteiger partial charge in [0.15, 0.2) is 5.13 Å². The van der Waals surface area contributed by atoms with Gasteiger partial charge in [0.05, 0.1) is 26.2 Å². The summed E-state index contributed by atoms with van der Waals surface area (Å²) in [6.45, 7) is 7.31. The fraction of sp³-hybridized carbons (Fsp3) is 0.241. The maximum Gasteiger partial charge on any atom is 0.262 e. The number of nitrogens with zero attached hydrogens (tertiary/aromatic N) is 3. The maximum atomic E-state index is 13.7. The Hall–Kier alpha value is -3.93. The van der Waals surface area contributed by atoms with Gasteiger partial charge >= 0.3 is 0 Å². The van der Waals surface area contributed by atoms with E-state index in [4.69, 9.17) is 0 Å². The number of carbonyl (C=O) groups is 3. The molecule has 9 nitrogen and oxygen atoms in total. The molecule has 0 fully saturated rings. The van der Waals surface area contributed by atoms with Gasteiger partial charge in [0.1, 0.15) is 6.04 Å². The van der Waals surface area contributed by atoms with Crippen LogP contribution in [0, 0.1) is 0 Å². The molecule has 1 aliphatic heterocycles. The standard InChI is InChI=1S/C29H28N4O5S2/c1-17(2)33(18(3)4)40(37,38)20-14-15-23-24(16-20)39-29(30-23)31-26(34)25(19-10-6-5-7-11-19)32-27(35)21-12-8-9-13-22(21)28(32)36/h5-18,25H,1-4H3,(H,30,31,34). The molecule has 1 N–H and O–H groups in total. The van der Waals surface area contributed by atoms with Gasteiger partial charge < -0.3 is 0 Å². The lowest BCUT2D eigenvalue weighted by molar-refractivity contribution is -0.120. The number of hydrogen-bond acceptors (Lipinski definition) is 7. The molecular weight excluding hydrogens is 548 g/mol. The number of aromatic nitrogens is 1. The van der Waals surface area contributed by atoms with E-state index >= 15 is 0 Å². The Morgan fingerprint density at radius 3 is 2.02 bits per heavy atom. The molecule has 0 spiro atoms. The van der Waals surface area contributed by atoms with Crippen LogP contribution in [0.3, 0.4) is 0 Å². The molecule has 5 rings (SSSR count). The van der Waals surface area contributed by atoms with E-state index in [-0.39, 0.29) is 33.2 Å². The molecule has 0 saturated carbocycles. The first-order chi connectivity index (χ1) is 19.0. The summed E-state index contributed by atoms with van der Waals surface area (Å²) in [4.78, 5) is 45.8. The summed E-state index contributed by atoms with van der Waals surface area (Å²) in [6.07, 6.45) is 0. The molecule has 1 unspecified atom stereocenters. The predicted molar refractivity (Wildman–Crippen MR) is 154 cm³/mol. The molecular formula is C29H28N4O5S2. The highest BCUT2D eigenvalue weighted by atomic mass is 32.2. The molecule has 1 aromatic heterocycles. The van der Waals surface area contributed by atoms with Crippen LogP contribution in [0.15, 0.2) is 77.7 Å². The van der Waals surface area contributed by atoms with Crippen LogP contribution in [-0.2, 0) is 14.8 Å². The number of thiazole rings is 1. The zero-order valence-corrected chi connectivity index (χ0v) is 24.0. The number of imide groups is 1. The number of rotatable bonds is 8. The SMILES string of the molecule is CC(C)N(C(C)C)S(=O)(=O)c1ccc2nc(NC(=O)C(c3ccccc3)N3C(=O)c4ccccc4C3=O)sc2c1. The van der Waals surface area contributed by atoms with Crippen LogP contribution in [0.25, 0.3) is 10.2 Å². The fourth-order valence-corrected chi connectivity index (χ4v) is 7.90. The highest BCUT2D eigenvalue weighted by Gasteiger charge is 2.43. The summed E-state index contributed by atoms with van der Waals surface area (Å²) in [6, 6.07) is 18.0. The topological polar surface area (TPSA) is 117 Å². The number of sulfonamides is 1. The van der Waals surface area contributed by atoms with E-state index in [1.807, 2.05) is 27.7 Å². The molecule has 4 aromatic rings. The number of nitrogens with one attached hydrogen (secondary N) is 1. The van der Waals surface area contributed by atoms with E-state index in [0.717, 1.165) is 16.2 Å². The maximum absolute atomic E-state index is 13.7. The van der Waals surface area contributed by atoms with E-state index < -0.39 is 33.8 Å². The Morgan fingerprint density at radius 2 is 1.45 bits per heavy atom. The first-order valence-corrected chi connectivity index (χ1v) is 15.0. The minimum atomic E-state index is -3.76. The van der Waals surface area contributed by atoms with Crippen LogP contribution in [0.2, 0.25) is 0 Å². The molecule has 0 bridgehead atoms. The van der Waals surface area contributed by atoms with Crippen LogP contribution in [-0.4, -0.2) is 52.4 Å². The Kier molecular flexibility index (Phi) is 7.30. The Balaban J connectivity index is 1.48. The Morgan fingerprint density at radius 1 is 0.875 bits per heavy atom. The van der Waals surface area contributed by atoms with Crippen LogP contribution >= 0.6 is 11.3 Å². The zero-order chi connectivity index (χ0) is 28.8. The molecule has 1 aliphatic rings. The Bertz CT molecular complexity index is 1690. The summed E-state index contributed by atoms with van der Waals surface area (Å²) in [5, 5.41) is 2.97. The average molecular weight is 577 g/mol. The van der Waals surface area contributed by atoms with Crippen LogP contribution in [0.5, 0.6) is 0 Å². The van der Waals surface area contributed by atoms with Crippen molar-refractivity contribution in [3.05, 3.63) is 89.5 Å². The van der Waals surface area contributed by atoms with Gasteiger partial charge in [-0.15, -0.1) is 0 Å². The van der Waals surface area contributed by atoms with Gasteiger partial charge in [0.2, 0.25) is 10.0 Å². The van der Waals surface area contributed by atoms with Crippen molar-refractivity contribution in [2.75, 3.05) is 5.32 Å². The van der Waals surface area contributed by atoms with Gasteiger partial charge in [-0.3, -0.25) is 24.6 Å². The third kappa shape index (κ3) is 4.80. The van der Waals surface area contributed by atoms with E-state index in [2.05, 4.69) is 10.3 Å². The number of carbonyl (C=O) groups excluding carboxylic acids is 3. The molecule has 40 heavy (non-hydrogen) atoms.